The molecule has 3 nitrogen and oxygen atoms in total. The van der Waals surface area contributed by atoms with Crippen molar-refractivity contribution in [2.24, 2.45) is 0 Å². The maximum atomic E-state index is 10.3. The van der Waals surface area contributed by atoms with E-state index in [0.717, 1.165) is 36.1 Å². The summed E-state index contributed by atoms with van der Waals surface area (Å²) in [7, 11) is 2.20. The summed E-state index contributed by atoms with van der Waals surface area (Å²) in [6.45, 7) is 7.68. The van der Waals surface area contributed by atoms with Crippen LogP contribution in [-0.4, -0.2) is 53.7 Å². The van der Waals surface area contributed by atoms with E-state index in [-0.39, 0.29) is 6.10 Å². The second-order valence-electron chi connectivity index (χ2n) is 5.98. The molecule has 4 heteroatoms. The lowest BCUT2D eigenvalue weighted by Gasteiger charge is -2.42. The first-order valence-electron chi connectivity index (χ1n) is 7.35. The van der Waals surface area contributed by atoms with Gasteiger partial charge in [0.1, 0.15) is 0 Å². The topological polar surface area (TPSA) is 26.7 Å². The van der Waals surface area contributed by atoms with Crippen LogP contribution in [-0.2, 0) is 0 Å². The maximum Gasteiger partial charge on any atom is 0.0802 e. The second kappa shape index (κ2) is 7.03. The van der Waals surface area contributed by atoms with Crippen LogP contribution in [0.25, 0.3) is 0 Å². The van der Waals surface area contributed by atoms with E-state index in [0.29, 0.717) is 12.1 Å². The summed E-state index contributed by atoms with van der Waals surface area (Å²) in [6, 6.07) is 9.12. The van der Waals surface area contributed by atoms with Crippen molar-refractivity contribution in [2.45, 2.75) is 38.5 Å². The van der Waals surface area contributed by atoms with Gasteiger partial charge in [-0.2, -0.15) is 0 Å². The third-order valence-corrected chi connectivity index (χ3v) is 4.88. The molecule has 1 aliphatic heterocycles. The Morgan fingerprint density at radius 2 is 1.95 bits per heavy atom. The second-order valence-corrected chi connectivity index (χ2v) is 6.90. The van der Waals surface area contributed by atoms with Crippen molar-refractivity contribution < 1.29 is 5.11 Å². The largest absolute Gasteiger partial charge is 0.388 e. The Kier molecular flexibility index (Phi) is 5.61. The van der Waals surface area contributed by atoms with Crippen molar-refractivity contribution in [3.05, 3.63) is 34.3 Å². The summed E-state index contributed by atoms with van der Waals surface area (Å²) in [6.07, 6.45) is 0.414. The van der Waals surface area contributed by atoms with Crippen LogP contribution >= 0.6 is 15.9 Å². The number of piperazine rings is 1. The molecule has 3 unspecified atom stereocenters. The summed E-state index contributed by atoms with van der Waals surface area (Å²) in [4.78, 5) is 4.90. The summed E-state index contributed by atoms with van der Waals surface area (Å²) < 4.78 is 1.02. The van der Waals surface area contributed by atoms with E-state index in [1.54, 1.807) is 0 Å². The lowest BCUT2D eigenvalue weighted by Crippen LogP contribution is -2.55. The van der Waals surface area contributed by atoms with Crippen molar-refractivity contribution in [2.75, 3.05) is 26.7 Å². The van der Waals surface area contributed by atoms with E-state index in [4.69, 9.17) is 0 Å². The molecule has 0 aromatic heterocycles. The number of aliphatic hydroxyl groups excluding tert-OH is 1. The fourth-order valence-corrected chi connectivity index (χ4v) is 3.30. The average molecular weight is 341 g/mol. The van der Waals surface area contributed by atoms with Crippen LogP contribution in [0.5, 0.6) is 0 Å². The highest BCUT2D eigenvalue weighted by Crippen LogP contribution is 2.22. The molecule has 2 rings (SSSR count). The van der Waals surface area contributed by atoms with Crippen molar-refractivity contribution >= 4 is 15.9 Å². The van der Waals surface area contributed by atoms with Crippen molar-refractivity contribution in [1.29, 1.82) is 0 Å². The number of rotatable bonds is 4. The Bertz CT molecular complexity index is 428. The standard InChI is InChI=1S/C16H25BrN2O/c1-12-10-19(11-13(2)18(12)3)8-7-16(20)14-5-4-6-15(17)9-14/h4-6,9,12-13,16,20H,7-8,10-11H2,1-3H3. The first-order valence-corrected chi connectivity index (χ1v) is 8.14. The van der Waals surface area contributed by atoms with Crippen LogP contribution in [0.1, 0.15) is 31.9 Å². The molecule has 0 radical (unpaired) electrons. The van der Waals surface area contributed by atoms with Gasteiger partial charge in [0.2, 0.25) is 0 Å². The first-order chi connectivity index (χ1) is 9.47. The smallest absolute Gasteiger partial charge is 0.0802 e. The third-order valence-electron chi connectivity index (χ3n) is 4.39. The predicted molar refractivity (Wildman–Crippen MR) is 86.8 cm³/mol. The Balaban J connectivity index is 1.86. The number of aliphatic hydroxyl groups is 1. The molecule has 0 saturated carbocycles. The molecule has 0 spiro atoms. The van der Waals surface area contributed by atoms with Crippen molar-refractivity contribution in [3.63, 3.8) is 0 Å². The molecule has 0 bridgehead atoms. The van der Waals surface area contributed by atoms with E-state index in [1.807, 2.05) is 24.3 Å². The zero-order valence-corrected chi connectivity index (χ0v) is 14.2. The predicted octanol–water partition coefficient (Wildman–Crippen LogP) is 2.90. The molecule has 1 aromatic rings. The van der Waals surface area contributed by atoms with E-state index >= 15 is 0 Å². The third kappa shape index (κ3) is 4.04. The van der Waals surface area contributed by atoms with Gasteiger partial charge in [0.25, 0.3) is 0 Å². The Hall–Kier alpha value is -0.420. The zero-order valence-electron chi connectivity index (χ0n) is 12.6. The molecular formula is C16H25BrN2O. The molecule has 1 N–H and O–H groups in total. The molecule has 0 amide bonds. The van der Waals surface area contributed by atoms with Crippen LogP contribution in [0, 0.1) is 0 Å². The van der Waals surface area contributed by atoms with E-state index < -0.39 is 0 Å². The maximum absolute atomic E-state index is 10.3. The van der Waals surface area contributed by atoms with Gasteiger partial charge in [-0.1, -0.05) is 28.1 Å². The molecule has 1 heterocycles. The Morgan fingerprint density at radius 3 is 2.55 bits per heavy atom. The molecule has 3 atom stereocenters. The van der Waals surface area contributed by atoms with Gasteiger partial charge in [0, 0.05) is 36.2 Å². The minimum Gasteiger partial charge on any atom is -0.388 e. The number of hydrogen-bond acceptors (Lipinski definition) is 3. The van der Waals surface area contributed by atoms with Crippen molar-refractivity contribution in [3.8, 4) is 0 Å². The fraction of sp³-hybridized carbons (Fsp3) is 0.625. The van der Waals surface area contributed by atoms with Gasteiger partial charge in [-0.3, -0.25) is 4.90 Å². The van der Waals surface area contributed by atoms with Gasteiger partial charge in [-0.25, -0.2) is 0 Å². The molecule has 1 fully saturated rings. The summed E-state index contributed by atoms with van der Waals surface area (Å²) >= 11 is 3.45. The van der Waals surface area contributed by atoms with Crippen LogP contribution in [0.3, 0.4) is 0 Å². The molecular weight excluding hydrogens is 316 g/mol. The van der Waals surface area contributed by atoms with Gasteiger partial charge in [-0.05, 0) is 45.0 Å². The summed E-state index contributed by atoms with van der Waals surface area (Å²) in [5.41, 5.74) is 0.995. The van der Waals surface area contributed by atoms with E-state index in [2.05, 4.69) is 46.6 Å². The molecule has 112 valence electrons. The van der Waals surface area contributed by atoms with Crippen LogP contribution in [0.15, 0.2) is 28.7 Å². The highest BCUT2D eigenvalue weighted by atomic mass is 79.9. The Morgan fingerprint density at radius 1 is 1.30 bits per heavy atom. The fourth-order valence-electron chi connectivity index (χ4n) is 2.88. The van der Waals surface area contributed by atoms with Crippen molar-refractivity contribution in [1.82, 2.24) is 9.80 Å². The van der Waals surface area contributed by atoms with Crippen LogP contribution < -0.4 is 0 Å². The summed E-state index contributed by atoms with van der Waals surface area (Å²) in [5.74, 6) is 0. The first kappa shape index (κ1) is 16.0. The number of halogens is 1. The molecule has 0 aliphatic carbocycles. The highest BCUT2D eigenvalue weighted by Gasteiger charge is 2.26. The van der Waals surface area contributed by atoms with Crippen LogP contribution in [0.4, 0.5) is 0 Å². The number of likely N-dealkylation sites (N-methyl/N-ethyl adjacent to an activating group) is 1. The lowest BCUT2D eigenvalue weighted by atomic mass is 10.0. The number of benzene rings is 1. The molecule has 1 saturated heterocycles. The number of nitrogens with zero attached hydrogens (tertiary/aromatic N) is 2. The van der Waals surface area contributed by atoms with Crippen LogP contribution in [0.2, 0.25) is 0 Å². The molecule has 1 aromatic carbocycles. The molecule has 20 heavy (non-hydrogen) atoms. The zero-order chi connectivity index (χ0) is 14.7. The SMILES string of the molecule is CC1CN(CCC(O)c2cccc(Br)c2)CC(C)N1C. The lowest BCUT2D eigenvalue weighted by molar-refractivity contribution is 0.0485. The minimum absolute atomic E-state index is 0.377. The summed E-state index contributed by atoms with van der Waals surface area (Å²) in [5, 5.41) is 10.3. The van der Waals surface area contributed by atoms with E-state index in [1.165, 1.54) is 0 Å². The Labute approximate surface area is 130 Å². The highest BCUT2D eigenvalue weighted by molar-refractivity contribution is 9.10. The van der Waals surface area contributed by atoms with Gasteiger partial charge in [-0.15, -0.1) is 0 Å². The quantitative estimate of drug-likeness (QED) is 0.912. The van der Waals surface area contributed by atoms with Gasteiger partial charge in [0.05, 0.1) is 6.10 Å². The van der Waals surface area contributed by atoms with Gasteiger partial charge >= 0.3 is 0 Å². The van der Waals surface area contributed by atoms with Gasteiger partial charge < -0.3 is 10.0 Å². The minimum atomic E-state index is -0.377. The number of hydrogen-bond donors (Lipinski definition) is 1. The van der Waals surface area contributed by atoms with E-state index in [9.17, 15) is 5.11 Å². The van der Waals surface area contributed by atoms with Gasteiger partial charge in [0.15, 0.2) is 0 Å². The average Bonchev–Trinajstić information content (AvgIpc) is 2.42. The monoisotopic (exact) mass is 340 g/mol. The normalized spacial score (nSPS) is 26.6. The molecule has 1 aliphatic rings.